The molecule has 0 aromatic carbocycles. The highest BCUT2D eigenvalue weighted by Gasteiger charge is 2.38. The van der Waals surface area contributed by atoms with E-state index in [0.717, 1.165) is 19.4 Å². The van der Waals surface area contributed by atoms with Gasteiger partial charge < -0.3 is 9.80 Å². The van der Waals surface area contributed by atoms with E-state index in [4.69, 9.17) is 0 Å². The normalized spacial score (nSPS) is 34.9. The molecule has 1 amide bonds. The standard InChI is InChI=1S/C13H25N3O/c1-4-11-13(17)16(12(5-2)14-11)9-10-7-6-8-15(10)3/h10-12,14H,4-9H2,1-3H3. The number of likely N-dealkylation sites (tertiary alicyclic amines) is 1. The van der Waals surface area contributed by atoms with Crippen molar-refractivity contribution < 1.29 is 4.79 Å². The van der Waals surface area contributed by atoms with Gasteiger partial charge in [0.2, 0.25) is 5.91 Å². The quantitative estimate of drug-likeness (QED) is 0.796. The Kier molecular flexibility index (Phi) is 4.05. The Bertz CT molecular complexity index is 282. The number of carbonyl (C=O) groups excluding carboxylic acids is 1. The van der Waals surface area contributed by atoms with Crippen LogP contribution in [-0.2, 0) is 4.79 Å². The number of amides is 1. The predicted octanol–water partition coefficient (Wildman–Crippen LogP) is 1.03. The number of likely N-dealkylation sites (N-methyl/N-ethyl adjacent to an activating group) is 1. The second-order valence-corrected chi connectivity index (χ2v) is 5.32. The fourth-order valence-electron chi connectivity index (χ4n) is 3.03. The van der Waals surface area contributed by atoms with Gasteiger partial charge in [0.15, 0.2) is 0 Å². The maximum absolute atomic E-state index is 12.2. The Morgan fingerprint density at radius 2 is 2.12 bits per heavy atom. The molecule has 3 atom stereocenters. The third-order valence-corrected chi connectivity index (χ3v) is 4.22. The Labute approximate surface area is 104 Å². The summed E-state index contributed by atoms with van der Waals surface area (Å²) in [6, 6.07) is 0.608. The number of nitrogens with one attached hydrogen (secondary N) is 1. The van der Waals surface area contributed by atoms with Gasteiger partial charge in [-0.3, -0.25) is 10.1 Å². The summed E-state index contributed by atoms with van der Waals surface area (Å²) in [5, 5.41) is 3.44. The van der Waals surface area contributed by atoms with Crippen molar-refractivity contribution in [1.82, 2.24) is 15.1 Å². The van der Waals surface area contributed by atoms with E-state index in [1.165, 1.54) is 19.4 Å². The first kappa shape index (κ1) is 12.8. The fraction of sp³-hybridized carbons (Fsp3) is 0.923. The van der Waals surface area contributed by atoms with Crippen molar-refractivity contribution in [1.29, 1.82) is 0 Å². The predicted molar refractivity (Wildman–Crippen MR) is 68.7 cm³/mol. The summed E-state index contributed by atoms with van der Waals surface area (Å²) in [7, 11) is 2.17. The van der Waals surface area contributed by atoms with Gasteiger partial charge in [-0.15, -0.1) is 0 Å². The van der Waals surface area contributed by atoms with Gasteiger partial charge in [-0.2, -0.15) is 0 Å². The molecule has 0 aromatic rings. The smallest absolute Gasteiger partial charge is 0.241 e. The van der Waals surface area contributed by atoms with Crippen molar-refractivity contribution in [2.24, 2.45) is 0 Å². The average Bonchev–Trinajstić information content (AvgIpc) is 2.86. The van der Waals surface area contributed by atoms with Gasteiger partial charge >= 0.3 is 0 Å². The van der Waals surface area contributed by atoms with Crippen molar-refractivity contribution >= 4 is 5.91 Å². The van der Waals surface area contributed by atoms with Crippen molar-refractivity contribution in [3.8, 4) is 0 Å². The number of hydrogen-bond acceptors (Lipinski definition) is 3. The third kappa shape index (κ3) is 2.47. The van der Waals surface area contributed by atoms with Crippen LogP contribution in [0.5, 0.6) is 0 Å². The Morgan fingerprint density at radius 1 is 1.35 bits per heavy atom. The maximum Gasteiger partial charge on any atom is 0.241 e. The summed E-state index contributed by atoms with van der Waals surface area (Å²) in [4.78, 5) is 16.7. The number of hydrogen-bond donors (Lipinski definition) is 1. The van der Waals surface area contributed by atoms with Crippen LogP contribution in [0.2, 0.25) is 0 Å². The number of rotatable bonds is 4. The van der Waals surface area contributed by atoms with Crippen LogP contribution in [0.25, 0.3) is 0 Å². The molecule has 98 valence electrons. The van der Waals surface area contributed by atoms with E-state index in [0.29, 0.717) is 11.9 Å². The lowest BCUT2D eigenvalue weighted by molar-refractivity contribution is -0.130. The van der Waals surface area contributed by atoms with E-state index in [1.54, 1.807) is 0 Å². The SMILES string of the molecule is CCC1NC(CC)N(CC2CCCN2C)C1=O. The van der Waals surface area contributed by atoms with Crippen LogP contribution in [0.15, 0.2) is 0 Å². The monoisotopic (exact) mass is 239 g/mol. The highest BCUT2D eigenvalue weighted by molar-refractivity contribution is 5.84. The van der Waals surface area contributed by atoms with Gasteiger partial charge in [0, 0.05) is 12.6 Å². The van der Waals surface area contributed by atoms with E-state index < -0.39 is 0 Å². The summed E-state index contributed by atoms with van der Waals surface area (Å²) >= 11 is 0. The summed E-state index contributed by atoms with van der Waals surface area (Å²) in [6.07, 6.45) is 4.64. The molecule has 2 aliphatic rings. The zero-order valence-electron chi connectivity index (χ0n) is 11.3. The Balaban J connectivity index is 2.00. The molecule has 17 heavy (non-hydrogen) atoms. The fourth-order valence-corrected chi connectivity index (χ4v) is 3.03. The van der Waals surface area contributed by atoms with Crippen LogP contribution >= 0.6 is 0 Å². The van der Waals surface area contributed by atoms with Gasteiger partial charge in [0.05, 0.1) is 12.2 Å². The van der Waals surface area contributed by atoms with Crippen LogP contribution < -0.4 is 5.32 Å². The topological polar surface area (TPSA) is 35.6 Å². The van der Waals surface area contributed by atoms with E-state index >= 15 is 0 Å². The Morgan fingerprint density at radius 3 is 2.65 bits per heavy atom. The van der Waals surface area contributed by atoms with E-state index in [9.17, 15) is 4.79 Å². The van der Waals surface area contributed by atoms with E-state index in [2.05, 4.69) is 36.0 Å². The molecule has 1 N–H and O–H groups in total. The van der Waals surface area contributed by atoms with Crippen molar-refractivity contribution in [2.45, 2.75) is 57.8 Å². The number of carbonyl (C=O) groups is 1. The zero-order valence-corrected chi connectivity index (χ0v) is 11.3. The number of nitrogens with zero attached hydrogens (tertiary/aromatic N) is 2. The van der Waals surface area contributed by atoms with Crippen LogP contribution in [0.1, 0.15) is 39.5 Å². The molecule has 2 heterocycles. The zero-order chi connectivity index (χ0) is 12.4. The summed E-state index contributed by atoms with van der Waals surface area (Å²) in [5.41, 5.74) is 0. The van der Waals surface area contributed by atoms with Crippen LogP contribution in [0.4, 0.5) is 0 Å². The first-order valence-electron chi connectivity index (χ1n) is 6.94. The molecule has 0 radical (unpaired) electrons. The van der Waals surface area contributed by atoms with Gasteiger partial charge in [0.1, 0.15) is 0 Å². The Hall–Kier alpha value is -0.610. The minimum absolute atomic E-state index is 0.0478. The molecule has 2 fully saturated rings. The molecule has 3 unspecified atom stereocenters. The summed E-state index contributed by atoms with van der Waals surface area (Å²) < 4.78 is 0. The molecular formula is C13H25N3O. The van der Waals surface area contributed by atoms with Crippen molar-refractivity contribution in [2.75, 3.05) is 20.1 Å². The lowest BCUT2D eigenvalue weighted by Gasteiger charge is -2.29. The average molecular weight is 239 g/mol. The molecule has 0 aromatic heterocycles. The molecule has 0 spiro atoms. The van der Waals surface area contributed by atoms with Gasteiger partial charge in [-0.25, -0.2) is 0 Å². The molecule has 2 rings (SSSR count). The molecule has 4 heteroatoms. The molecular weight excluding hydrogens is 214 g/mol. The summed E-state index contributed by atoms with van der Waals surface area (Å²) in [5.74, 6) is 0.305. The van der Waals surface area contributed by atoms with Gasteiger partial charge in [0.25, 0.3) is 0 Å². The lowest BCUT2D eigenvalue weighted by atomic mass is 10.2. The largest absolute Gasteiger partial charge is 0.324 e. The first-order chi connectivity index (χ1) is 8.17. The summed E-state index contributed by atoms with van der Waals surface area (Å²) in [6.45, 7) is 6.30. The minimum atomic E-state index is 0.0478. The highest BCUT2D eigenvalue weighted by atomic mass is 16.2. The molecule has 4 nitrogen and oxygen atoms in total. The van der Waals surface area contributed by atoms with Gasteiger partial charge in [-0.1, -0.05) is 13.8 Å². The first-order valence-corrected chi connectivity index (χ1v) is 6.94. The van der Waals surface area contributed by atoms with E-state index in [-0.39, 0.29) is 12.2 Å². The molecule has 0 saturated carbocycles. The van der Waals surface area contributed by atoms with Crippen LogP contribution in [0.3, 0.4) is 0 Å². The second kappa shape index (κ2) is 5.36. The molecule has 2 saturated heterocycles. The maximum atomic E-state index is 12.2. The molecule has 0 bridgehead atoms. The third-order valence-electron chi connectivity index (χ3n) is 4.22. The second-order valence-electron chi connectivity index (χ2n) is 5.32. The van der Waals surface area contributed by atoms with Crippen LogP contribution in [0, 0.1) is 0 Å². The lowest BCUT2D eigenvalue weighted by Crippen LogP contribution is -2.44. The van der Waals surface area contributed by atoms with Crippen molar-refractivity contribution in [3.63, 3.8) is 0 Å². The minimum Gasteiger partial charge on any atom is -0.324 e. The highest BCUT2D eigenvalue weighted by Crippen LogP contribution is 2.21. The van der Waals surface area contributed by atoms with Gasteiger partial charge in [-0.05, 0) is 39.3 Å². The van der Waals surface area contributed by atoms with Crippen molar-refractivity contribution in [3.05, 3.63) is 0 Å². The molecule has 0 aliphatic carbocycles. The molecule has 2 aliphatic heterocycles. The van der Waals surface area contributed by atoms with Crippen LogP contribution in [-0.4, -0.2) is 54.1 Å². The van der Waals surface area contributed by atoms with E-state index in [1.807, 2.05) is 0 Å².